The smallest absolute Gasteiger partial charge is 0.273 e. The zero-order chi connectivity index (χ0) is 16.9. The molecule has 1 amide bonds. The number of amides is 1. The number of carbonyl (C=O) groups is 1. The Morgan fingerprint density at radius 1 is 1.52 bits per heavy atom. The Morgan fingerprint density at radius 2 is 2.36 bits per heavy atom. The molecule has 3 N–H and O–H groups in total. The number of nitrogens with two attached hydrogens (primary N) is 1. The molecule has 6 nitrogen and oxygen atoms in total. The number of ether oxygens (including phenoxy) is 1. The highest BCUT2D eigenvalue weighted by molar-refractivity contribution is 7.10. The highest BCUT2D eigenvalue weighted by atomic mass is 35.5. The van der Waals surface area contributed by atoms with E-state index >= 15 is 0 Å². The van der Waals surface area contributed by atoms with Crippen molar-refractivity contribution >= 4 is 41.0 Å². The molecule has 138 valence electrons. The molecule has 2 unspecified atom stereocenters. The number of aliphatic hydroxyl groups excluding tert-OH is 1. The minimum absolute atomic E-state index is 0. The van der Waals surface area contributed by atoms with Crippen molar-refractivity contribution in [1.29, 1.82) is 0 Å². The second-order valence-electron chi connectivity index (χ2n) is 5.66. The highest BCUT2D eigenvalue weighted by Crippen LogP contribution is 2.27. The monoisotopic (exact) mass is 403 g/mol. The quantitative estimate of drug-likeness (QED) is 0.770. The van der Waals surface area contributed by atoms with E-state index in [2.05, 4.69) is 4.98 Å². The molecule has 0 bridgehead atoms. The number of aliphatic hydroxyl groups is 1. The lowest BCUT2D eigenvalue weighted by Crippen LogP contribution is -2.49. The lowest BCUT2D eigenvalue weighted by Gasteiger charge is -2.36. The molecule has 2 atom stereocenters. The molecule has 1 saturated heterocycles. The molecule has 3 rings (SSSR count). The molecular formula is C16H22ClN3O3S2. The summed E-state index contributed by atoms with van der Waals surface area (Å²) in [5, 5.41) is 15.0. The SMILES string of the molecule is Cl.NCCc1nc(C(=O)N2CCOCC2CC(O)c2cccs2)cs1. The van der Waals surface area contributed by atoms with Crippen LogP contribution in [0.15, 0.2) is 22.9 Å². The number of morpholine rings is 1. The molecule has 25 heavy (non-hydrogen) atoms. The Kier molecular flexibility index (Phi) is 7.80. The van der Waals surface area contributed by atoms with Gasteiger partial charge in [-0.1, -0.05) is 6.07 Å². The zero-order valence-corrected chi connectivity index (χ0v) is 16.1. The minimum Gasteiger partial charge on any atom is -0.387 e. The third-order valence-electron chi connectivity index (χ3n) is 3.98. The van der Waals surface area contributed by atoms with Crippen molar-refractivity contribution in [3.05, 3.63) is 38.5 Å². The lowest BCUT2D eigenvalue weighted by atomic mass is 10.1. The fourth-order valence-electron chi connectivity index (χ4n) is 2.77. The summed E-state index contributed by atoms with van der Waals surface area (Å²) in [5.41, 5.74) is 6.00. The summed E-state index contributed by atoms with van der Waals surface area (Å²) in [6, 6.07) is 3.67. The molecule has 3 heterocycles. The highest BCUT2D eigenvalue weighted by Gasteiger charge is 2.31. The summed E-state index contributed by atoms with van der Waals surface area (Å²) >= 11 is 2.98. The maximum absolute atomic E-state index is 12.8. The minimum atomic E-state index is -0.588. The first kappa shape index (κ1) is 20.3. The molecular weight excluding hydrogens is 382 g/mol. The number of rotatable bonds is 6. The molecule has 0 spiro atoms. The predicted molar refractivity (Wildman–Crippen MR) is 102 cm³/mol. The molecule has 1 aliphatic rings. The van der Waals surface area contributed by atoms with Crippen LogP contribution >= 0.6 is 35.1 Å². The number of aromatic nitrogens is 1. The maximum atomic E-state index is 12.8. The predicted octanol–water partition coefficient (Wildman–Crippen LogP) is 2.09. The van der Waals surface area contributed by atoms with E-state index in [0.29, 0.717) is 44.8 Å². The second-order valence-corrected chi connectivity index (χ2v) is 7.58. The van der Waals surface area contributed by atoms with E-state index in [1.165, 1.54) is 22.7 Å². The first-order chi connectivity index (χ1) is 11.7. The van der Waals surface area contributed by atoms with Crippen LogP contribution in [0.2, 0.25) is 0 Å². The van der Waals surface area contributed by atoms with Gasteiger partial charge in [-0.3, -0.25) is 4.79 Å². The summed E-state index contributed by atoms with van der Waals surface area (Å²) in [7, 11) is 0. The number of nitrogens with zero attached hydrogens (tertiary/aromatic N) is 2. The van der Waals surface area contributed by atoms with Crippen LogP contribution < -0.4 is 5.73 Å². The average molecular weight is 404 g/mol. The van der Waals surface area contributed by atoms with Gasteiger partial charge in [-0.2, -0.15) is 0 Å². The molecule has 1 aliphatic heterocycles. The standard InChI is InChI=1S/C16H21N3O3S2.ClH/c17-4-3-15-18-12(10-24-15)16(21)19-5-6-22-9-11(19)8-13(20)14-2-1-7-23-14;/h1-2,7,10-11,13,20H,3-6,8-9,17H2;1H. The van der Waals surface area contributed by atoms with Crippen molar-refractivity contribution < 1.29 is 14.6 Å². The summed E-state index contributed by atoms with van der Waals surface area (Å²) in [6.45, 7) is 1.99. The van der Waals surface area contributed by atoms with Crippen molar-refractivity contribution in [3.8, 4) is 0 Å². The zero-order valence-electron chi connectivity index (χ0n) is 13.7. The van der Waals surface area contributed by atoms with Crippen LogP contribution in [-0.2, 0) is 11.2 Å². The van der Waals surface area contributed by atoms with Crippen LogP contribution in [0.1, 0.15) is 32.9 Å². The van der Waals surface area contributed by atoms with Gasteiger partial charge in [0, 0.05) is 29.6 Å². The summed E-state index contributed by atoms with van der Waals surface area (Å²) in [4.78, 5) is 19.9. The Labute approximate surface area is 161 Å². The number of hydrogen-bond acceptors (Lipinski definition) is 7. The average Bonchev–Trinajstić information content (AvgIpc) is 3.27. The molecule has 0 aliphatic carbocycles. The molecule has 0 saturated carbocycles. The van der Waals surface area contributed by atoms with Crippen LogP contribution in [0.4, 0.5) is 0 Å². The Morgan fingerprint density at radius 3 is 3.08 bits per heavy atom. The Hall–Kier alpha value is -1.03. The van der Waals surface area contributed by atoms with E-state index < -0.39 is 6.10 Å². The van der Waals surface area contributed by atoms with Gasteiger partial charge in [0.05, 0.1) is 30.4 Å². The van der Waals surface area contributed by atoms with E-state index in [0.717, 1.165) is 9.88 Å². The largest absolute Gasteiger partial charge is 0.387 e. The molecule has 0 aromatic carbocycles. The third kappa shape index (κ3) is 4.99. The van der Waals surface area contributed by atoms with Crippen LogP contribution in [0, 0.1) is 0 Å². The maximum Gasteiger partial charge on any atom is 0.273 e. The van der Waals surface area contributed by atoms with E-state index in [1.54, 1.807) is 10.3 Å². The van der Waals surface area contributed by atoms with Gasteiger partial charge < -0.3 is 20.5 Å². The molecule has 2 aromatic rings. The van der Waals surface area contributed by atoms with Crippen LogP contribution in [0.5, 0.6) is 0 Å². The Balaban J connectivity index is 0.00000225. The third-order valence-corrected chi connectivity index (χ3v) is 5.87. The molecule has 2 aromatic heterocycles. The van der Waals surface area contributed by atoms with Gasteiger partial charge in [0.1, 0.15) is 5.69 Å². The fourth-order valence-corrected chi connectivity index (χ4v) is 4.28. The fraction of sp³-hybridized carbons (Fsp3) is 0.500. The van der Waals surface area contributed by atoms with Crippen LogP contribution in [-0.4, -0.2) is 53.2 Å². The number of thiophene rings is 1. The van der Waals surface area contributed by atoms with Crippen molar-refractivity contribution in [2.75, 3.05) is 26.3 Å². The van der Waals surface area contributed by atoms with Crippen molar-refractivity contribution in [2.24, 2.45) is 5.73 Å². The van der Waals surface area contributed by atoms with E-state index in [9.17, 15) is 9.90 Å². The number of hydrogen-bond donors (Lipinski definition) is 2. The van der Waals surface area contributed by atoms with Gasteiger partial charge >= 0.3 is 0 Å². The summed E-state index contributed by atoms with van der Waals surface area (Å²) < 4.78 is 5.52. The molecule has 0 radical (unpaired) electrons. The van der Waals surface area contributed by atoms with E-state index in [4.69, 9.17) is 10.5 Å². The van der Waals surface area contributed by atoms with Crippen molar-refractivity contribution in [2.45, 2.75) is 25.0 Å². The van der Waals surface area contributed by atoms with Gasteiger partial charge in [0.25, 0.3) is 5.91 Å². The van der Waals surface area contributed by atoms with Gasteiger partial charge in [-0.25, -0.2) is 4.98 Å². The molecule has 9 heteroatoms. The molecule has 1 fully saturated rings. The number of halogens is 1. The van der Waals surface area contributed by atoms with E-state index in [1.807, 2.05) is 17.5 Å². The van der Waals surface area contributed by atoms with Gasteiger partial charge in [0.2, 0.25) is 0 Å². The van der Waals surface area contributed by atoms with Gasteiger partial charge in [-0.15, -0.1) is 35.1 Å². The number of carbonyl (C=O) groups excluding carboxylic acids is 1. The summed E-state index contributed by atoms with van der Waals surface area (Å²) in [5.74, 6) is -0.0961. The van der Waals surface area contributed by atoms with Crippen molar-refractivity contribution in [1.82, 2.24) is 9.88 Å². The summed E-state index contributed by atoms with van der Waals surface area (Å²) in [6.07, 6.45) is 0.559. The van der Waals surface area contributed by atoms with Crippen LogP contribution in [0.3, 0.4) is 0 Å². The van der Waals surface area contributed by atoms with E-state index in [-0.39, 0.29) is 24.4 Å². The Bertz CT molecular complexity index is 665. The van der Waals surface area contributed by atoms with Gasteiger partial charge in [0.15, 0.2) is 0 Å². The van der Waals surface area contributed by atoms with Crippen LogP contribution in [0.25, 0.3) is 0 Å². The second kappa shape index (κ2) is 9.61. The number of thiazole rings is 1. The van der Waals surface area contributed by atoms with Gasteiger partial charge in [-0.05, 0) is 18.0 Å². The topological polar surface area (TPSA) is 88.7 Å². The normalized spacial score (nSPS) is 18.6. The van der Waals surface area contributed by atoms with Crippen molar-refractivity contribution in [3.63, 3.8) is 0 Å². The first-order valence-electron chi connectivity index (χ1n) is 7.93. The first-order valence-corrected chi connectivity index (χ1v) is 9.69. The lowest BCUT2D eigenvalue weighted by molar-refractivity contribution is -0.0172.